The van der Waals surface area contributed by atoms with Crippen molar-refractivity contribution < 1.29 is 14.3 Å². The molecular formula is C20H28N2O3. The zero-order chi connectivity index (χ0) is 17.9. The van der Waals surface area contributed by atoms with Crippen LogP contribution in [0, 0.1) is 0 Å². The van der Waals surface area contributed by atoms with Crippen LogP contribution in [-0.2, 0) is 9.59 Å². The highest BCUT2D eigenvalue weighted by molar-refractivity contribution is 5.92. The highest BCUT2D eigenvalue weighted by atomic mass is 16.5. The van der Waals surface area contributed by atoms with Crippen molar-refractivity contribution >= 4 is 17.9 Å². The predicted octanol–water partition coefficient (Wildman–Crippen LogP) is 3.05. The van der Waals surface area contributed by atoms with Crippen LogP contribution in [0.3, 0.4) is 0 Å². The molecule has 0 bridgehead atoms. The van der Waals surface area contributed by atoms with Crippen molar-refractivity contribution in [1.82, 2.24) is 10.6 Å². The van der Waals surface area contributed by atoms with Crippen LogP contribution in [0.1, 0.15) is 50.5 Å². The quantitative estimate of drug-likeness (QED) is 0.590. The van der Waals surface area contributed by atoms with E-state index < -0.39 is 0 Å². The lowest BCUT2D eigenvalue weighted by Gasteiger charge is -2.16. The van der Waals surface area contributed by atoms with Crippen molar-refractivity contribution in [3.8, 4) is 5.75 Å². The van der Waals surface area contributed by atoms with E-state index in [0.717, 1.165) is 24.2 Å². The summed E-state index contributed by atoms with van der Waals surface area (Å²) >= 11 is 0. The van der Waals surface area contributed by atoms with E-state index in [9.17, 15) is 9.59 Å². The topological polar surface area (TPSA) is 67.4 Å². The fraction of sp³-hybridized carbons (Fsp3) is 0.500. The highest BCUT2D eigenvalue weighted by Crippen LogP contribution is 2.17. The third-order valence-corrected chi connectivity index (χ3v) is 4.41. The lowest BCUT2D eigenvalue weighted by atomic mass is 10.1. The summed E-state index contributed by atoms with van der Waals surface area (Å²) in [6, 6.07) is 7.75. The SMILES string of the molecule is COc1ccc(/C=C/C(=O)NCCC(=O)NC2CCCCCC2)cc1. The third kappa shape index (κ3) is 7.42. The number of nitrogens with one attached hydrogen (secondary N) is 2. The van der Waals surface area contributed by atoms with Crippen LogP contribution in [0.5, 0.6) is 5.75 Å². The molecule has 1 aromatic carbocycles. The van der Waals surface area contributed by atoms with E-state index in [4.69, 9.17) is 4.74 Å². The number of carbonyl (C=O) groups excluding carboxylic acids is 2. The Morgan fingerprint density at radius 3 is 2.44 bits per heavy atom. The van der Waals surface area contributed by atoms with Gasteiger partial charge in [-0.15, -0.1) is 0 Å². The van der Waals surface area contributed by atoms with Gasteiger partial charge in [0.1, 0.15) is 5.75 Å². The van der Waals surface area contributed by atoms with Gasteiger partial charge in [0.2, 0.25) is 11.8 Å². The van der Waals surface area contributed by atoms with Gasteiger partial charge in [0.05, 0.1) is 7.11 Å². The Bertz CT molecular complexity index is 573. The number of amides is 2. The molecule has 1 saturated carbocycles. The van der Waals surface area contributed by atoms with Gasteiger partial charge in [0.25, 0.3) is 0 Å². The Morgan fingerprint density at radius 2 is 1.80 bits per heavy atom. The van der Waals surface area contributed by atoms with Crippen LogP contribution in [0.15, 0.2) is 30.3 Å². The van der Waals surface area contributed by atoms with Gasteiger partial charge in [-0.2, -0.15) is 0 Å². The number of hydrogen-bond acceptors (Lipinski definition) is 3. The fourth-order valence-electron chi connectivity index (χ4n) is 2.97. The minimum absolute atomic E-state index is 0.0198. The van der Waals surface area contributed by atoms with Crippen LogP contribution in [0.2, 0.25) is 0 Å². The minimum Gasteiger partial charge on any atom is -0.497 e. The van der Waals surface area contributed by atoms with Crippen LogP contribution < -0.4 is 15.4 Å². The molecule has 0 atom stereocenters. The Labute approximate surface area is 149 Å². The largest absolute Gasteiger partial charge is 0.497 e. The molecule has 0 spiro atoms. The standard InChI is InChI=1S/C20H28N2O3/c1-25-18-11-8-16(9-12-18)10-13-19(23)21-15-14-20(24)22-17-6-4-2-3-5-7-17/h8-13,17H,2-7,14-15H2,1H3,(H,21,23)(H,22,24)/b13-10+. The molecule has 0 aliphatic heterocycles. The molecule has 5 heteroatoms. The molecule has 5 nitrogen and oxygen atoms in total. The highest BCUT2D eigenvalue weighted by Gasteiger charge is 2.14. The van der Waals surface area contributed by atoms with Gasteiger partial charge in [-0.1, -0.05) is 37.8 Å². The molecule has 0 heterocycles. The predicted molar refractivity (Wildman–Crippen MR) is 99.3 cm³/mol. The molecule has 2 rings (SSSR count). The first-order chi connectivity index (χ1) is 12.2. The second-order valence-corrected chi connectivity index (χ2v) is 6.40. The first kappa shape index (κ1) is 19.0. The average molecular weight is 344 g/mol. The maximum Gasteiger partial charge on any atom is 0.244 e. The molecule has 0 aromatic heterocycles. The smallest absolute Gasteiger partial charge is 0.244 e. The molecule has 0 saturated heterocycles. The summed E-state index contributed by atoms with van der Waals surface area (Å²) in [7, 11) is 1.62. The molecule has 25 heavy (non-hydrogen) atoms. The van der Waals surface area contributed by atoms with E-state index >= 15 is 0 Å². The third-order valence-electron chi connectivity index (χ3n) is 4.41. The molecule has 0 unspecified atom stereocenters. The maximum atomic E-state index is 12.0. The molecular weight excluding hydrogens is 316 g/mol. The zero-order valence-electron chi connectivity index (χ0n) is 14.9. The molecule has 136 valence electrons. The normalized spacial score (nSPS) is 15.6. The molecule has 2 amide bonds. The first-order valence-electron chi connectivity index (χ1n) is 9.06. The van der Waals surface area contributed by atoms with Crippen molar-refractivity contribution in [2.24, 2.45) is 0 Å². The summed E-state index contributed by atoms with van der Waals surface area (Å²) < 4.78 is 5.09. The number of ether oxygens (including phenoxy) is 1. The fourth-order valence-corrected chi connectivity index (χ4v) is 2.97. The zero-order valence-corrected chi connectivity index (χ0v) is 14.9. The van der Waals surface area contributed by atoms with E-state index in [1.807, 2.05) is 24.3 Å². The van der Waals surface area contributed by atoms with E-state index in [0.29, 0.717) is 19.0 Å². The van der Waals surface area contributed by atoms with Crippen molar-refractivity contribution in [3.05, 3.63) is 35.9 Å². The molecule has 1 aliphatic carbocycles. The van der Waals surface area contributed by atoms with Gasteiger partial charge in [0.15, 0.2) is 0 Å². The summed E-state index contributed by atoms with van der Waals surface area (Å²) in [5.41, 5.74) is 0.919. The van der Waals surface area contributed by atoms with E-state index in [1.54, 1.807) is 13.2 Å². The Kier molecular flexibility index (Phi) is 8.02. The number of carbonyl (C=O) groups is 2. The van der Waals surface area contributed by atoms with Gasteiger partial charge in [-0.25, -0.2) is 0 Å². The van der Waals surface area contributed by atoms with Crippen molar-refractivity contribution in [2.45, 2.75) is 51.0 Å². The number of rotatable bonds is 7. The number of hydrogen-bond donors (Lipinski definition) is 2. The van der Waals surface area contributed by atoms with Crippen molar-refractivity contribution in [3.63, 3.8) is 0 Å². The first-order valence-corrected chi connectivity index (χ1v) is 9.06. The van der Waals surface area contributed by atoms with E-state index in [1.165, 1.54) is 31.8 Å². The van der Waals surface area contributed by atoms with Gasteiger partial charge in [0, 0.05) is 25.1 Å². The number of methoxy groups -OCH3 is 1. The van der Waals surface area contributed by atoms with Gasteiger partial charge in [-0.05, 0) is 36.6 Å². The van der Waals surface area contributed by atoms with Gasteiger partial charge >= 0.3 is 0 Å². The van der Waals surface area contributed by atoms with Gasteiger partial charge < -0.3 is 15.4 Å². The molecule has 0 radical (unpaired) electrons. The Hall–Kier alpha value is -2.30. The van der Waals surface area contributed by atoms with Crippen molar-refractivity contribution in [1.29, 1.82) is 0 Å². The van der Waals surface area contributed by atoms with E-state index in [2.05, 4.69) is 10.6 Å². The maximum absolute atomic E-state index is 12.0. The van der Waals surface area contributed by atoms with Crippen LogP contribution in [0.25, 0.3) is 6.08 Å². The second-order valence-electron chi connectivity index (χ2n) is 6.40. The Balaban J connectivity index is 1.65. The van der Waals surface area contributed by atoms with Crippen LogP contribution in [-0.4, -0.2) is 31.5 Å². The lowest BCUT2D eigenvalue weighted by Crippen LogP contribution is -2.36. The summed E-state index contributed by atoms with van der Waals surface area (Å²) in [6.07, 6.45) is 10.6. The molecule has 1 aliphatic rings. The van der Waals surface area contributed by atoms with Crippen LogP contribution in [0.4, 0.5) is 0 Å². The summed E-state index contributed by atoms with van der Waals surface area (Å²) in [4.78, 5) is 23.8. The average Bonchev–Trinajstić information content (AvgIpc) is 2.89. The Morgan fingerprint density at radius 1 is 1.12 bits per heavy atom. The summed E-state index contributed by atoms with van der Waals surface area (Å²) in [5.74, 6) is 0.603. The summed E-state index contributed by atoms with van der Waals surface area (Å²) in [6.45, 7) is 0.352. The monoisotopic (exact) mass is 344 g/mol. The molecule has 2 N–H and O–H groups in total. The minimum atomic E-state index is -0.196. The second kappa shape index (κ2) is 10.5. The van der Waals surface area contributed by atoms with E-state index in [-0.39, 0.29) is 11.8 Å². The number of benzene rings is 1. The lowest BCUT2D eigenvalue weighted by molar-refractivity contribution is -0.122. The van der Waals surface area contributed by atoms with Gasteiger partial charge in [-0.3, -0.25) is 9.59 Å². The molecule has 1 aromatic rings. The van der Waals surface area contributed by atoms with Crippen LogP contribution >= 0.6 is 0 Å². The molecule has 1 fully saturated rings. The van der Waals surface area contributed by atoms with Crippen molar-refractivity contribution in [2.75, 3.05) is 13.7 Å². The summed E-state index contributed by atoms with van der Waals surface area (Å²) in [5, 5.41) is 5.83.